The highest BCUT2D eigenvalue weighted by Gasteiger charge is 2.54. The van der Waals surface area contributed by atoms with Gasteiger partial charge in [0.15, 0.2) is 22.9 Å². The van der Waals surface area contributed by atoms with E-state index in [1.807, 2.05) is 6.92 Å². The monoisotopic (exact) mass is 408 g/mol. The van der Waals surface area contributed by atoms with Crippen LogP contribution in [0.2, 0.25) is 36.3 Å². The lowest BCUT2D eigenvalue weighted by Gasteiger charge is -2.44. The number of hydrogen-bond donors (Lipinski definition) is 2. The van der Waals surface area contributed by atoms with Crippen molar-refractivity contribution in [2.24, 2.45) is 0 Å². The van der Waals surface area contributed by atoms with Crippen LogP contribution in [0, 0.1) is 0 Å². The van der Waals surface area contributed by atoms with Gasteiger partial charge in [0.1, 0.15) is 12.2 Å². The molecule has 25 heavy (non-hydrogen) atoms. The number of thiol groups is 1. The Morgan fingerprint density at radius 3 is 1.56 bits per heavy atom. The largest absolute Gasteiger partial charge is 0.408 e. The second-order valence-electron chi connectivity index (χ2n) is 10.4. The van der Waals surface area contributed by atoms with Crippen LogP contribution < -0.4 is 0 Å². The zero-order valence-corrected chi connectivity index (χ0v) is 20.9. The molecule has 150 valence electrons. The van der Waals surface area contributed by atoms with Gasteiger partial charge in [-0.05, 0) is 36.3 Å². The van der Waals surface area contributed by atoms with E-state index >= 15 is 0 Å². The third-order valence-electron chi connectivity index (χ3n) is 6.17. The summed E-state index contributed by atoms with van der Waals surface area (Å²) in [5.41, 5.74) is 0. The highest BCUT2D eigenvalue weighted by molar-refractivity contribution is 7.81. The van der Waals surface area contributed by atoms with Crippen molar-refractivity contribution in [2.45, 2.75) is 115 Å². The molecule has 0 radical (unpaired) electrons. The van der Waals surface area contributed by atoms with Crippen molar-refractivity contribution < 1.29 is 18.7 Å². The van der Waals surface area contributed by atoms with E-state index in [4.69, 9.17) is 13.6 Å². The van der Waals surface area contributed by atoms with Gasteiger partial charge >= 0.3 is 0 Å². The maximum absolute atomic E-state index is 10.6. The Hall–Kier alpha value is 0.624. The molecule has 1 heterocycles. The normalized spacial score (nSPS) is 30.6. The van der Waals surface area contributed by atoms with Gasteiger partial charge in [-0.3, -0.25) is 0 Å². The molecule has 5 atom stereocenters. The summed E-state index contributed by atoms with van der Waals surface area (Å²) < 4.78 is 19.1. The molecule has 0 spiro atoms. The van der Waals surface area contributed by atoms with Gasteiger partial charge in [0.2, 0.25) is 0 Å². The van der Waals surface area contributed by atoms with Crippen LogP contribution in [0.25, 0.3) is 0 Å². The minimum Gasteiger partial charge on any atom is -0.408 e. The van der Waals surface area contributed by atoms with Gasteiger partial charge < -0.3 is 18.7 Å². The maximum Gasteiger partial charge on any atom is 0.192 e. The Morgan fingerprint density at radius 2 is 1.24 bits per heavy atom. The molecule has 1 rings (SSSR count). The molecule has 1 aliphatic rings. The molecule has 0 unspecified atom stereocenters. The Kier molecular flexibility index (Phi) is 7.16. The van der Waals surface area contributed by atoms with Crippen molar-refractivity contribution in [2.75, 3.05) is 0 Å². The summed E-state index contributed by atoms with van der Waals surface area (Å²) >= 11 is 4.58. The first-order valence-corrected chi connectivity index (χ1v) is 15.6. The van der Waals surface area contributed by atoms with E-state index in [-0.39, 0.29) is 27.5 Å². The van der Waals surface area contributed by atoms with Crippen molar-refractivity contribution in [1.29, 1.82) is 0 Å². The van der Waals surface area contributed by atoms with Gasteiger partial charge in [-0.1, -0.05) is 48.5 Å². The SMILES string of the molecule is C[C@H](S)[C@H]1O[C@H](O)[C@@H](O[Si](C)(C)C(C)(C)C)[C@@H]1O[Si](C)(C)C(C)(C)C. The van der Waals surface area contributed by atoms with E-state index in [2.05, 4.69) is 80.4 Å². The molecule has 1 N–H and O–H groups in total. The molecule has 4 nitrogen and oxygen atoms in total. The molecule has 0 aromatic rings. The van der Waals surface area contributed by atoms with Crippen LogP contribution in [-0.4, -0.2) is 51.6 Å². The molecule has 0 amide bonds. The predicted molar refractivity (Wildman–Crippen MR) is 113 cm³/mol. The fourth-order valence-electron chi connectivity index (χ4n) is 2.35. The highest BCUT2D eigenvalue weighted by atomic mass is 32.1. The van der Waals surface area contributed by atoms with E-state index < -0.39 is 29.0 Å². The molecular formula is C18H40O4SSi2. The van der Waals surface area contributed by atoms with Gasteiger partial charge in [-0.15, -0.1) is 0 Å². The van der Waals surface area contributed by atoms with Crippen LogP contribution >= 0.6 is 12.6 Å². The van der Waals surface area contributed by atoms with Gasteiger partial charge in [-0.2, -0.15) is 12.6 Å². The summed E-state index contributed by atoms with van der Waals surface area (Å²) in [5.74, 6) is 0. The zero-order chi connectivity index (χ0) is 20.0. The third-order valence-corrected chi connectivity index (χ3v) is 15.4. The molecule has 1 fully saturated rings. The van der Waals surface area contributed by atoms with Crippen LogP contribution in [0.15, 0.2) is 0 Å². The Labute approximate surface area is 162 Å². The molecule has 0 saturated carbocycles. The molecule has 7 heteroatoms. The van der Waals surface area contributed by atoms with Crippen LogP contribution in [0.1, 0.15) is 48.5 Å². The number of ether oxygens (including phenoxy) is 1. The summed E-state index contributed by atoms with van der Waals surface area (Å²) in [6, 6.07) is 0. The van der Waals surface area contributed by atoms with Gasteiger partial charge in [0.25, 0.3) is 0 Å². The highest BCUT2D eigenvalue weighted by Crippen LogP contribution is 2.43. The topological polar surface area (TPSA) is 47.9 Å². The van der Waals surface area contributed by atoms with E-state index in [1.165, 1.54) is 0 Å². The van der Waals surface area contributed by atoms with E-state index in [0.29, 0.717) is 0 Å². The van der Waals surface area contributed by atoms with Crippen LogP contribution in [0.3, 0.4) is 0 Å². The summed E-state index contributed by atoms with van der Waals surface area (Å²) in [6.45, 7) is 24.1. The quantitative estimate of drug-likeness (QED) is 0.506. The van der Waals surface area contributed by atoms with Crippen molar-refractivity contribution in [3.63, 3.8) is 0 Å². The molecule has 0 aliphatic carbocycles. The Bertz CT molecular complexity index is 455. The summed E-state index contributed by atoms with van der Waals surface area (Å²) in [7, 11) is -4.11. The minimum atomic E-state index is -2.07. The van der Waals surface area contributed by atoms with Crippen LogP contribution in [-0.2, 0) is 13.6 Å². The van der Waals surface area contributed by atoms with Gasteiger partial charge in [-0.25, -0.2) is 0 Å². The van der Waals surface area contributed by atoms with Crippen LogP contribution in [0.5, 0.6) is 0 Å². The Morgan fingerprint density at radius 1 is 0.880 bits per heavy atom. The summed E-state index contributed by atoms with van der Waals surface area (Å²) in [5, 5.41) is 10.7. The lowest BCUT2D eigenvalue weighted by Crippen LogP contribution is -2.54. The second kappa shape index (κ2) is 7.56. The molecule has 1 saturated heterocycles. The van der Waals surface area contributed by atoms with Crippen molar-refractivity contribution in [3.8, 4) is 0 Å². The van der Waals surface area contributed by atoms with Gasteiger partial charge in [0, 0.05) is 5.25 Å². The second-order valence-corrected chi connectivity index (χ2v) is 20.7. The summed E-state index contributed by atoms with van der Waals surface area (Å²) in [4.78, 5) is 0. The standard InChI is InChI=1S/C18H40O4SSi2/c1-12(23)13-14(21-24(8,9)17(2,3)4)15(16(19)20-13)22-25(10,11)18(5,6)7/h12-16,19,23H,1-11H3/t12-,13+,14+,15-,16-/m0/s1. The first kappa shape index (κ1) is 23.7. The van der Waals surface area contributed by atoms with E-state index in [9.17, 15) is 5.11 Å². The van der Waals surface area contributed by atoms with Crippen LogP contribution in [0.4, 0.5) is 0 Å². The molecule has 0 aromatic carbocycles. The van der Waals surface area contributed by atoms with Gasteiger partial charge in [0.05, 0.1) is 6.10 Å². The molecular weight excluding hydrogens is 368 g/mol. The lowest BCUT2D eigenvalue weighted by atomic mass is 10.1. The predicted octanol–water partition coefficient (Wildman–Crippen LogP) is 4.80. The van der Waals surface area contributed by atoms with E-state index in [0.717, 1.165) is 0 Å². The minimum absolute atomic E-state index is 0.0440. The number of hydrogen-bond acceptors (Lipinski definition) is 5. The fraction of sp³-hybridized carbons (Fsp3) is 1.00. The third kappa shape index (κ3) is 5.33. The number of aliphatic hydroxyl groups is 1. The fourth-order valence-corrected chi connectivity index (χ4v) is 5.17. The lowest BCUT2D eigenvalue weighted by molar-refractivity contribution is -0.122. The average Bonchev–Trinajstić information content (AvgIpc) is 2.64. The average molecular weight is 409 g/mol. The van der Waals surface area contributed by atoms with E-state index in [1.54, 1.807) is 0 Å². The summed E-state index contributed by atoms with van der Waals surface area (Å²) in [6.07, 6.45) is -2.00. The van der Waals surface area contributed by atoms with Crippen molar-refractivity contribution >= 4 is 29.3 Å². The van der Waals surface area contributed by atoms with Crippen molar-refractivity contribution in [1.82, 2.24) is 0 Å². The van der Waals surface area contributed by atoms with Crippen molar-refractivity contribution in [3.05, 3.63) is 0 Å². The zero-order valence-electron chi connectivity index (χ0n) is 18.0. The maximum atomic E-state index is 10.6. The first-order valence-electron chi connectivity index (χ1n) is 9.28. The number of aliphatic hydroxyl groups excluding tert-OH is 1. The smallest absolute Gasteiger partial charge is 0.192 e. The first-order chi connectivity index (χ1) is 10.9. The molecule has 0 bridgehead atoms. The molecule has 0 aromatic heterocycles. The Balaban J connectivity index is 3.16. The molecule has 1 aliphatic heterocycles. The number of rotatable bonds is 5.